The first kappa shape index (κ1) is 10.7. The summed E-state index contributed by atoms with van der Waals surface area (Å²) in [6, 6.07) is 0. The minimum Gasteiger partial charge on any atom is -0.381 e. The topological polar surface area (TPSA) is 26.5 Å². The molecule has 3 heterocycles. The molecular formula is C11H13BrN2OS. The Kier molecular flexibility index (Phi) is 2.77. The summed E-state index contributed by atoms with van der Waals surface area (Å²) < 4.78 is 8.77. The molecule has 86 valence electrons. The van der Waals surface area contributed by atoms with Gasteiger partial charge in [-0.05, 0) is 28.8 Å². The van der Waals surface area contributed by atoms with Crippen LogP contribution in [0.15, 0.2) is 9.98 Å². The van der Waals surface area contributed by atoms with E-state index in [1.807, 2.05) is 0 Å². The van der Waals surface area contributed by atoms with Crippen LogP contribution in [0.25, 0.3) is 4.96 Å². The molecule has 0 aromatic carbocycles. The Hall–Kier alpha value is -0.390. The average molecular weight is 301 g/mol. The highest BCUT2D eigenvalue weighted by molar-refractivity contribution is 9.10. The molecule has 1 saturated heterocycles. The zero-order chi connectivity index (χ0) is 11.1. The Morgan fingerprint density at radius 3 is 3.25 bits per heavy atom. The summed E-state index contributed by atoms with van der Waals surface area (Å²) in [4.78, 5) is 5.81. The summed E-state index contributed by atoms with van der Waals surface area (Å²) in [5.74, 6) is 0.464. The fraction of sp³-hybridized carbons (Fsp3) is 0.545. The molecule has 0 saturated carbocycles. The van der Waals surface area contributed by atoms with Crippen LogP contribution in [0.4, 0.5) is 0 Å². The number of hydrogen-bond acceptors (Lipinski definition) is 3. The van der Waals surface area contributed by atoms with Crippen molar-refractivity contribution in [1.82, 2.24) is 9.38 Å². The number of imidazole rings is 1. The van der Waals surface area contributed by atoms with Gasteiger partial charge in [-0.2, -0.15) is 0 Å². The molecule has 3 nitrogen and oxygen atoms in total. The molecule has 3 rings (SSSR count). The van der Waals surface area contributed by atoms with Gasteiger partial charge in [0.2, 0.25) is 0 Å². The summed E-state index contributed by atoms with van der Waals surface area (Å²) in [5, 5.41) is 2.18. The summed E-state index contributed by atoms with van der Waals surface area (Å²) in [5.41, 5.74) is 2.49. The molecule has 0 aliphatic carbocycles. The predicted octanol–water partition coefficient (Wildman–Crippen LogP) is 3.22. The normalized spacial score (nSPS) is 21.0. The maximum absolute atomic E-state index is 5.43. The number of aromatic nitrogens is 2. The maximum Gasteiger partial charge on any atom is 0.195 e. The minimum absolute atomic E-state index is 0.464. The molecule has 2 aromatic rings. The largest absolute Gasteiger partial charge is 0.381 e. The van der Waals surface area contributed by atoms with Gasteiger partial charge in [-0.1, -0.05) is 6.92 Å². The Morgan fingerprint density at radius 1 is 1.69 bits per heavy atom. The SMILES string of the molecule is CCc1csc2nc(C3CCOC3)c(Br)n12. The number of aryl methyl sites for hydroxylation is 1. The molecule has 0 spiro atoms. The first-order valence-electron chi connectivity index (χ1n) is 5.53. The van der Waals surface area contributed by atoms with Gasteiger partial charge in [-0.3, -0.25) is 4.40 Å². The average Bonchev–Trinajstić information content (AvgIpc) is 2.96. The van der Waals surface area contributed by atoms with Crippen LogP contribution in [-0.2, 0) is 11.2 Å². The molecule has 5 heteroatoms. The molecule has 0 radical (unpaired) electrons. The minimum atomic E-state index is 0.464. The Bertz CT molecular complexity index is 513. The van der Waals surface area contributed by atoms with Crippen LogP contribution >= 0.6 is 27.3 Å². The van der Waals surface area contributed by atoms with Crippen molar-refractivity contribution < 1.29 is 4.74 Å². The molecule has 0 bridgehead atoms. The van der Waals surface area contributed by atoms with Gasteiger partial charge < -0.3 is 4.74 Å². The smallest absolute Gasteiger partial charge is 0.195 e. The van der Waals surface area contributed by atoms with E-state index < -0.39 is 0 Å². The molecule has 1 atom stereocenters. The summed E-state index contributed by atoms with van der Waals surface area (Å²) in [6.07, 6.45) is 2.13. The van der Waals surface area contributed by atoms with Crippen LogP contribution < -0.4 is 0 Å². The van der Waals surface area contributed by atoms with E-state index in [4.69, 9.17) is 9.72 Å². The number of fused-ring (bicyclic) bond motifs is 1. The standard InChI is InChI=1S/C11H13BrN2OS/c1-2-8-6-16-11-13-9(10(12)14(8)11)7-3-4-15-5-7/h6-7H,2-5H2,1H3. The number of halogens is 1. The maximum atomic E-state index is 5.43. The van der Waals surface area contributed by atoms with Crippen molar-refractivity contribution in [1.29, 1.82) is 0 Å². The van der Waals surface area contributed by atoms with E-state index in [9.17, 15) is 0 Å². The number of nitrogens with zero attached hydrogens (tertiary/aromatic N) is 2. The van der Waals surface area contributed by atoms with Gasteiger partial charge in [0, 0.05) is 23.6 Å². The molecular weight excluding hydrogens is 288 g/mol. The van der Waals surface area contributed by atoms with Crippen molar-refractivity contribution in [2.24, 2.45) is 0 Å². The molecule has 1 aliphatic heterocycles. The summed E-state index contributed by atoms with van der Waals surface area (Å²) in [6.45, 7) is 3.85. The number of rotatable bonds is 2. The van der Waals surface area contributed by atoms with Crippen LogP contribution in [0.3, 0.4) is 0 Å². The third kappa shape index (κ3) is 1.53. The van der Waals surface area contributed by atoms with E-state index in [-0.39, 0.29) is 0 Å². The van der Waals surface area contributed by atoms with E-state index in [1.54, 1.807) is 11.3 Å². The molecule has 1 unspecified atom stereocenters. The lowest BCUT2D eigenvalue weighted by atomic mass is 10.1. The van der Waals surface area contributed by atoms with Crippen LogP contribution in [-0.4, -0.2) is 22.6 Å². The van der Waals surface area contributed by atoms with Crippen molar-refractivity contribution in [3.05, 3.63) is 21.4 Å². The fourth-order valence-corrected chi connectivity index (χ4v) is 4.05. The number of hydrogen-bond donors (Lipinski definition) is 0. The van der Waals surface area contributed by atoms with Crippen molar-refractivity contribution in [3.63, 3.8) is 0 Å². The highest BCUT2D eigenvalue weighted by Gasteiger charge is 2.25. The second-order valence-electron chi connectivity index (χ2n) is 4.05. The highest BCUT2D eigenvalue weighted by Crippen LogP contribution is 2.33. The number of ether oxygens (including phenoxy) is 1. The highest BCUT2D eigenvalue weighted by atomic mass is 79.9. The van der Waals surface area contributed by atoms with Crippen LogP contribution in [0.5, 0.6) is 0 Å². The number of thiazole rings is 1. The summed E-state index contributed by atoms with van der Waals surface area (Å²) in [7, 11) is 0. The zero-order valence-electron chi connectivity index (χ0n) is 9.07. The van der Waals surface area contributed by atoms with E-state index in [0.717, 1.165) is 35.6 Å². The van der Waals surface area contributed by atoms with Crippen LogP contribution in [0.1, 0.15) is 30.7 Å². The Morgan fingerprint density at radius 2 is 2.56 bits per heavy atom. The van der Waals surface area contributed by atoms with Crippen molar-refractivity contribution in [2.75, 3.05) is 13.2 Å². The van der Waals surface area contributed by atoms with Gasteiger partial charge in [0.15, 0.2) is 4.96 Å². The quantitative estimate of drug-likeness (QED) is 0.851. The van der Waals surface area contributed by atoms with Crippen molar-refractivity contribution >= 4 is 32.2 Å². The van der Waals surface area contributed by atoms with Crippen LogP contribution in [0, 0.1) is 0 Å². The molecule has 0 N–H and O–H groups in total. The Labute approximate surface area is 107 Å². The molecule has 0 amide bonds. The monoisotopic (exact) mass is 300 g/mol. The Balaban J connectivity index is 2.12. The van der Waals surface area contributed by atoms with Crippen molar-refractivity contribution in [3.8, 4) is 0 Å². The third-order valence-corrected chi connectivity index (χ3v) is 4.72. The van der Waals surface area contributed by atoms with E-state index in [1.165, 1.54) is 11.4 Å². The molecule has 2 aromatic heterocycles. The lowest BCUT2D eigenvalue weighted by Crippen LogP contribution is -1.99. The lowest BCUT2D eigenvalue weighted by Gasteiger charge is -2.04. The van der Waals surface area contributed by atoms with Crippen molar-refractivity contribution in [2.45, 2.75) is 25.7 Å². The molecule has 1 fully saturated rings. The van der Waals surface area contributed by atoms with E-state index in [2.05, 4.69) is 32.6 Å². The van der Waals surface area contributed by atoms with E-state index >= 15 is 0 Å². The van der Waals surface area contributed by atoms with E-state index in [0.29, 0.717) is 5.92 Å². The van der Waals surface area contributed by atoms with Crippen LogP contribution in [0.2, 0.25) is 0 Å². The zero-order valence-corrected chi connectivity index (χ0v) is 11.5. The van der Waals surface area contributed by atoms with Gasteiger partial charge in [-0.15, -0.1) is 11.3 Å². The van der Waals surface area contributed by atoms with Gasteiger partial charge in [0.1, 0.15) is 4.60 Å². The predicted molar refractivity (Wildman–Crippen MR) is 68.3 cm³/mol. The third-order valence-electron chi connectivity index (χ3n) is 3.08. The van der Waals surface area contributed by atoms with Gasteiger partial charge in [0.05, 0.1) is 12.3 Å². The first-order valence-corrected chi connectivity index (χ1v) is 7.20. The van der Waals surface area contributed by atoms with Gasteiger partial charge in [0.25, 0.3) is 0 Å². The fourth-order valence-electron chi connectivity index (χ4n) is 2.15. The molecule has 1 aliphatic rings. The summed E-state index contributed by atoms with van der Waals surface area (Å²) >= 11 is 5.40. The van der Waals surface area contributed by atoms with Gasteiger partial charge >= 0.3 is 0 Å². The first-order chi connectivity index (χ1) is 7.81. The second kappa shape index (κ2) is 4.13. The van der Waals surface area contributed by atoms with Gasteiger partial charge in [-0.25, -0.2) is 4.98 Å². The molecule has 16 heavy (non-hydrogen) atoms. The second-order valence-corrected chi connectivity index (χ2v) is 5.63. The lowest BCUT2D eigenvalue weighted by molar-refractivity contribution is 0.193.